The smallest absolute Gasteiger partial charge is 0.337 e. The number of hydrogen-bond acceptors (Lipinski definition) is 7. The summed E-state index contributed by atoms with van der Waals surface area (Å²) in [5.41, 5.74) is 3.56. The van der Waals surface area contributed by atoms with E-state index in [2.05, 4.69) is 31.4 Å². The van der Waals surface area contributed by atoms with Gasteiger partial charge in [0, 0.05) is 22.1 Å². The second-order valence-electron chi connectivity index (χ2n) is 7.08. The van der Waals surface area contributed by atoms with Crippen LogP contribution in [0.1, 0.15) is 27.1 Å². The van der Waals surface area contributed by atoms with Gasteiger partial charge >= 0.3 is 11.9 Å². The van der Waals surface area contributed by atoms with E-state index in [1.165, 1.54) is 31.4 Å². The van der Waals surface area contributed by atoms with E-state index in [9.17, 15) is 24.0 Å². The van der Waals surface area contributed by atoms with E-state index >= 15 is 0 Å². The van der Waals surface area contributed by atoms with Crippen molar-refractivity contribution in [1.82, 2.24) is 10.4 Å². The lowest BCUT2D eigenvalue weighted by atomic mass is 10.1. The van der Waals surface area contributed by atoms with Gasteiger partial charge in [-0.25, -0.2) is 4.79 Å². The Hall–Kier alpha value is -3.73. The van der Waals surface area contributed by atoms with Crippen molar-refractivity contribution in [3.63, 3.8) is 0 Å². The number of hydrogen-bond donors (Lipinski definition) is 2. The molecule has 2 aromatic rings. The third kappa shape index (κ3) is 6.39. The quantitative estimate of drug-likeness (QED) is 0.536. The molecule has 172 valence electrons. The fourth-order valence-corrected chi connectivity index (χ4v) is 3.29. The Morgan fingerprint density at radius 3 is 2.30 bits per heavy atom. The van der Waals surface area contributed by atoms with E-state index in [1.807, 2.05) is 0 Å². The van der Waals surface area contributed by atoms with Gasteiger partial charge in [0.15, 0.2) is 6.61 Å². The number of nitrogens with zero attached hydrogens (tertiary/aromatic N) is 1. The third-order valence-corrected chi connectivity index (χ3v) is 5.27. The molecule has 3 rings (SSSR count). The average Bonchev–Trinajstić information content (AvgIpc) is 3.18. The Bertz CT molecular complexity index is 1070. The van der Waals surface area contributed by atoms with Crippen LogP contribution in [0.3, 0.4) is 0 Å². The lowest BCUT2D eigenvalue weighted by Crippen LogP contribution is -2.43. The van der Waals surface area contributed by atoms with Crippen molar-refractivity contribution in [3.8, 4) is 0 Å². The molecular formula is C22H20BrN3O7. The van der Waals surface area contributed by atoms with Gasteiger partial charge in [-0.3, -0.25) is 29.6 Å². The number of carbonyl (C=O) groups excluding carboxylic acids is 5. The molecule has 2 aromatic carbocycles. The van der Waals surface area contributed by atoms with E-state index in [0.29, 0.717) is 16.8 Å². The summed E-state index contributed by atoms with van der Waals surface area (Å²) in [5, 5.41) is 3.60. The number of hydrazine groups is 1. The van der Waals surface area contributed by atoms with Gasteiger partial charge in [-0.15, -0.1) is 0 Å². The molecule has 10 nitrogen and oxygen atoms in total. The zero-order valence-corrected chi connectivity index (χ0v) is 19.1. The van der Waals surface area contributed by atoms with Gasteiger partial charge in [-0.2, -0.15) is 0 Å². The molecule has 0 bridgehead atoms. The molecule has 33 heavy (non-hydrogen) atoms. The maximum atomic E-state index is 12.3. The molecule has 1 heterocycles. The van der Waals surface area contributed by atoms with Crippen LogP contribution in [0.5, 0.6) is 0 Å². The maximum absolute atomic E-state index is 12.3. The molecule has 0 aliphatic carbocycles. The van der Waals surface area contributed by atoms with E-state index in [4.69, 9.17) is 4.74 Å². The molecule has 0 radical (unpaired) electrons. The van der Waals surface area contributed by atoms with Crippen LogP contribution in [0.25, 0.3) is 0 Å². The molecule has 1 saturated heterocycles. The van der Waals surface area contributed by atoms with Crippen molar-refractivity contribution in [2.75, 3.05) is 25.6 Å². The lowest BCUT2D eigenvalue weighted by Gasteiger charge is -2.17. The second-order valence-corrected chi connectivity index (χ2v) is 7.99. The SMILES string of the molecule is COC(=O)c1ccc(NC(=O)COC(=O)[C@H]2CC(=O)N(NC(=O)c3ccc(Br)cc3)C2)cc1. The highest BCUT2D eigenvalue weighted by molar-refractivity contribution is 9.10. The molecule has 1 aliphatic rings. The maximum Gasteiger partial charge on any atom is 0.337 e. The molecule has 11 heteroatoms. The molecule has 1 atom stereocenters. The molecule has 0 spiro atoms. The summed E-state index contributed by atoms with van der Waals surface area (Å²) in [6.45, 7) is -0.607. The molecule has 2 N–H and O–H groups in total. The molecule has 0 unspecified atom stereocenters. The highest BCUT2D eigenvalue weighted by atomic mass is 79.9. The first-order valence-corrected chi connectivity index (χ1v) is 10.6. The molecule has 1 fully saturated rings. The number of halogens is 1. The van der Waals surface area contributed by atoms with Gasteiger partial charge in [-0.1, -0.05) is 15.9 Å². The number of benzene rings is 2. The topological polar surface area (TPSA) is 131 Å². The number of nitrogens with one attached hydrogen (secondary N) is 2. The first kappa shape index (κ1) is 23.9. The van der Waals surface area contributed by atoms with Crippen molar-refractivity contribution in [2.45, 2.75) is 6.42 Å². The molecule has 0 aromatic heterocycles. The number of esters is 2. The van der Waals surface area contributed by atoms with Crippen LogP contribution in [-0.4, -0.2) is 54.9 Å². The summed E-state index contributed by atoms with van der Waals surface area (Å²) in [6.07, 6.45) is -0.143. The Kier molecular flexibility index (Phi) is 7.78. The molecular weight excluding hydrogens is 498 g/mol. The minimum Gasteiger partial charge on any atom is -0.465 e. The van der Waals surface area contributed by atoms with Crippen molar-refractivity contribution in [3.05, 3.63) is 64.1 Å². The van der Waals surface area contributed by atoms with E-state index in [1.54, 1.807) is 24.3 Å². The standard InChI is InChI=1S/C22H20BrN3O7/c1-32-21(30)14-4-8-17(9-5-14)24-18(27)12-33-22(31)15-10-19(28)26(11-15)25-20(29)13-2-6-16(23)7-3-13/h2-9,15H,10-12H2,1H3,(H,24,27)(H,25,29)/t15-/m0/s1. The first-order valence-electron chi connectivity index (χ1n) is 9.78. The average molecular weight is 518 g/mol. The minimum atomic E-state index is -0.810. The number of amides is 3. The Morgan fingerprint density at radius 2 is 1.67 bits per heavy atom. The largest absolute Gasteiger partial charge is 0.465 e. The Labute approximate surface area is 197 Å². The highest BCUT2D eigenvalue weighted by Crippen LogP contribution is 2.18. The summed E-state index contributed by atoms with van der Waals surface area (Å²) in [7, 11) is 1.26. The van der Waals surface area contributed by atoms with Crippen LogP contribution in [0.4, 0.5) is 5.69 Å². The lowest BCUT2D eigenvalue weighted by molar-refractivity contribution is -0.151. The second kappa shape index (κ2) is 10.7. The van der Waals surface area contributed by atoms with Gasteiger partial charge in [0.1, 0.15) is 0 Å². The summed E-state index contributed by atoms with van der Waals surface area (Å²) in [5.74, 6) is -3.54. The highest BCUT2D eigenvalue weighted by Gasteiger charge is 2.36. The monoisotopic (exact) mass is 517 g/mol. The van der Waals surface area contributed by atoms with Crippen molar-refractivity contribution < 1.29 is 33.4 Å². The number of anilines is 1. The van der Waals surface area contributed by atoms with Gasteiger partial charge in [0.05, 0.1) is 25.1 Å². The summed E-state index contributed by atoms with van der Waals surface area (Å²) in [4.78, 5) is 60.2. The minimum absolute atomic E-state index is 0.0590. The van der Waals surface area contributed by atoms with E-state index < -0.39 is 42.2 Å². The van der Waals surface area contributed by atoms with Crippen LogP contribution in [-0.2, 0) is 23.9 Å². The van der Waals surface area contributed by atoms with Crippen molar-refractivity contribution in [1.29, 1.82) is 0 Å². The van der Waals surface area contributed by atoms with Gasteiger partial charge in [0.25, 0.3) is 11.8 Å². The molecule has 3 amide bonds. The number of ether oxygens (including phenoxy) is 2. The van der Waals surface area contributed by atoms with Crippen LogP contribution in [0.2, 0.25) is 0 Å². The van der Waals surface area contributed by atoms with Gasteiger partial charge in [0.2, 0.25) is 5.91 Å². The van der Waals surface area contributed by atoms with Crippen molar-refractivity contribution >= 4 is 51.3 Å². The summed E-state index contributed by atoms with van der Waals surface area (Å²) >= 11 is 3.28. The van der Waals surface area contributed by atoms with Crippen molar-refractivity contribution in [2.24, 2.45) is 5.92 Å². The van der Waals surface area contributed by atoms with E-state index in [0.717, 1.165) is 9.48 Å². The zero-order chi connectivity index (χ0) is 24.0. The molecule has 1 aliphatic heterocycles. The van der Waals surface area contributed by atoms with Crippen LogP contribution in [0, 0.1) is 5.92 Å². The molecule has 0 saturated carbocycles. The Balaban J connectivity index is 1.46. The predicted molar refractivity (Wildman–Crippen MR) is 119 cm³/mol. The fraction of sp³-hybridized carbons (Fsp3) is 0.227. The normalized spacial score (nSPS) is 15.0. The third-order valence-electron chi connectivity index (χ3n) is 4.74. The van der Waals surface area contributed by atoms with Gasteiger partial charge < -0.3 is 14.8 Å². The van der Waals surface area contributed by atoms with Crippen LogP contribution >= 0.6 is 15.9 Å². The van der Waals surface area contributed by atoms with Crippen LogP contribution < -0.4 is 10.7 Å². The summed E-state index contributed by atoms with van der Waals surface area (Å²) in [6, 6.07) is 12.5. The number of carbonyl (C=O) groups is 5. The predicted octanol–water partition coefficient (Wildman–Crippen LogP) is 1.91. The number of methoxy groups -OCH3 is 1. The zero-order valence-electron chi connectivity index (χ0n) is 17.5. The van der Waals surface area contributed by atoms with Gasteiger partial charge in [-0.05, 0) is 48.5 Å². The Morgan fingerprint density at radius 1 is 1.03 bits per heavy atom. The fourth-order valence-electron chi connectivity index (χ4n) is 3.02. The van der Waals surface area contributed by atoms with Crippen LogP contribution in [0.15, 0.2) is 53.0 Å². The summed E-state index contributed by atoms with van der Waals surface area (Å²) < 4.78 is 10.4. The first-order chi connectivity index (χ1) is 15.8. The van der Waals surface area contributed by atoms with E-state index in [-0.39, 0.29) is 13.0 Å². The number of rotatable bonds is 7.